The van der Waals surface area contributed by atoms with E-state index >= 15 is 0 Å². The van der Waals surface area contributed by atoms with E-state index in [0.717, 1.165) is 24.2 Å². The molecular formula is C17H18FNO4S. The number of nitrogens with one attached hydrogen (secondary N) is 1. The van der Waals surface area contributed by atoms with E-state index in [4.69, 9.17) is 4.74 Å². The molecule has 1 fully saturated rings. The zero-order valence-corrected chi connectivity index (χ0v) is 14.0. The van der Waals surface area contributed by atoms with Gasteiger partial charge in [-0.25, -0.2) is 9.18 Å². The predicted molar refractivity (Wildman–Crippen MR) is 88.8 cm³/mol. The quantitative estimate of drug-likeness (QED) is 0.866. The largest absolute Gasteiger partial charge is 0.480 e. The number of thiophene rings is 1. The maximum atomic E-state index is 14.2. The fourth-order valence-corrected chi connectivity index (χ4v) is 4.39. The van der Waals surface area contributed by atoms with Crippen LogP contribution in [0.1, 0.15) is 40.9 Å². The summed E-state index contributed by atoms with van der Waals surface area (Å²) in [4.78, 5) is 24.7. The van der Waals surface area contributed by atoms with Crippen LogP contribution in [-0.2, 0) is 16.1 Å². The third-order valence-corrected chi connectivity index (χ3v) is 5.67. The van der Waals surface area contributed by atoms with Crippen molar-refractivity contribution in [1.82, 2.24) is 5.32 Å². The van der Waals surface area contributed by atoms with Crippen molar-refractivity contribution in [2.75, 3.05) is 7.11 Å². The number of hydrogen-bond donors (Lipinski definition) is 2. The highest BCUT2D eigenvalue weighted by Crippen LogP contribution is 2.35. The van der Waals surface area contributed by atoms with E-state index in [-0.39, 0.29) is 6.61 Å². The molecule has 1 aromatic carbocycles. The van der Waals surface area contributed by atoms with E-state index in [0.29, 0.717) is 33.4 Å². The average Bonchev–Trinajstić information content (AvgIpc) is 3.14. The molecule has 2 N–H and O–H groups in total. The van der Waals surface area contributed by atoms with Crippen LogP contribution in [0.5, 0.6) is 0 Å². The van der Waals surface area contributed by atoms with Gasteiger partial charge < -0.3 is 15.2 Å². The van der Waals surface area contributed by atoms with Crippen molar-refractivity contribution < 1.29 is 23.8 Å². The van der Waals surface area contributed by atoms with Gasteiger partial charge in [0.2, 0.25) is 0 Å². The van der Waals surface area contributed by atoms with E-state index in [9.17, 15) is 19.1 Å². The molecule has 1 aliphatic carbocycles. The van der Waals surface area contributed by atoms with Gasteiger partial charge in [0.15, 0.2) is 0 Å². The Morgan fingerprint density at radius 3 is 2.71 bits per heavy atom. The summed E-state index contributed by atoms with van der Waals surface area (Å²) in [5.74, 6) is -1.91. The van der Waals surface area contributed by atoms with Crippen molar-refractivity contribution in [2.45, 2.75) is 37.8 Å². The Labute approximate surface area is 142 Å². The zero-order chi connectivity index (χ0) is 17.3. The summed E-state index contributed by atoms with van der Waals surface area (Å²) in [5, 5.41) is 12.6. The van der Waals surface area contributed by atoms with Crippen LogP contribution in [0.25, 0.3) is 10.1 Å². The summed E-state index contributed by atoms with van der Waals surface area (Å²) in [6.07, 6.45) is 2.34. The minimum absolute atomic E-state index is 0.0871. The molecule has 7 heteroatoms. The molecule has 3 rings (SSSR count). The molecule has 2 aromatic rings. The lowest BCUT2D eigenvalue weighted by molar-refractivity contribution is -0.144. The first kappa shape index (κ1) is 16.9. The third kappa shape index (κ3) is 2.78. The van der Waals surface area contributed by atoms with Gasteiger partial charge in [0, 0.05) is 22.8 Å². The minimum atomic E-state index is -1.23. The first-order valence-electron chi connectivity index (χ1n) is 7.73. The molecule has 1 saturated carbocycles. The first-order chi connectivity index (χ1) is 11.5. The lowest BCUT2D eigenvalue weighted by atomic mass is 9.97. The van der Waals surface area contributed by atoms with Gasteiger partial charge in [-0.15, -0.1) is 11.3 Å². The number of methoxy groups -OCH3 is 1. The highest BCUT2D eigenvalue weighted by molar-refractivity contribution is 7.21. The number of fused-ring (bicyclic) bond motifs is 1. The second kappa shape index (κ2) is 6.49. The van der Waals surface area contributed by atoms with Crippen LogP contribution in [0.3, 0.4) is 0 Å². The van der Waals surface area contributed by atoms with Crippen LogP contribution in [0, 0.1) is 5.82 Å². The number of benzene rings is 1. The maximum absolute atomic E-state index is 14.2. The molecule has 128 valence electrons. The second-order valence-corrected chi connectivity index (χ2v) is 7.06. The summed E-state index contributed by atoms with van der Waals surface area (Å²) in [6.45, 7) is 0.0871. The zero-order valence-electron chi connectivity index (χ0n) is 13.2. The van der Waals surface area contributed by atoms with E-state index < -0.39 is 23.2 Å². The highest BCUT2D eigenvalue weighted by Gasteiger charge is 2.43. The minimum Gasteiger partial charge on any atom is -0.480 e. The molecule has 0 radical (unpaired) electrons. The third-order valence-electron chi connectivity index (χ3n) is 4.48. The summed E-state index contributed by atoms with van der Waals surface area (Å²) in [7, 11) is 1.47. The Morgan fingerprint density at radius 2 is 2.08 bits per heavy atom. The summed E-state index contributed by atoms with van der Waals surface area (Å²) < 4.78 is 19.9. The molecule has 1 aliphatic rings. The normalized spacial score (nSPS) is 16.4. The van der Waals surface area contributed by atoms with Gasteiger partial charge in [0.25, 0.3) is 5.91 Å². The summed E-state index contributed by atoms with van der Waals surface area (Å²) in [6, 6.07) is 4.66. The molecule has 1 amide bonds. The average molecular weight is 351 g/mol. The number of amides is 1. The van der Waals surface area contributed by atoms with Crippen LogP contribution in [0.2, 0.25) is 0 Å². The molecule has 0 bridgehead atoms. The highest BCUT2D eigenvalue weighted by atomic mass is 32.1. The van der Waals surface area contributed by atoms with Gasteiger partial charge >= 0.3 is 5.97 Å². The molecule has 1 aromatic heterocycles. The van der Waals surface area contributed by atoms with Crippen molar-refractivity contribution >= 4 is 33.3 Å². The van der Waals surface area contributed by atoms with Gasteiger partial charge in [-0.2, -0.15) is 0 Å². The lowest BCUT2D eigenvalue weighted by Gasteiger charge is -2.25. The van der Waals surface area contributed by atoms with Gasteiger partial charge in [0.1, 0.15) is 11.4 Å². The van der Waals surface area contributed by atoms with Crippen molar-refractivity contribution in [3.05, 3.63) is 34.5 Å². The fourth-order valence-electron chi connectivity index (χ4n) is 3.28. The molecule has 24 heavy (non-hydrogen) atoms. The SMILES string of the molecule is COCc1c(C(=O)NC2(C(=O)O)CCCC2)sc2cccc(F)c12. The Kier molecular flexibility index (Phi) is 4.56. The van der Waals surface area contributed by atoms with E-state index in [1.165, 1.54) is 13.2 Å². The monoisotopic (exact) mass is 351 g/mol. The number of hydrogen-bond acceptors (Lipinski definition) is 4. The Bertz CT molecular complexity index is 795. The number of carbonyl (C=O) groups excluding carboxylic acids is 1. The maximum Gasteiger partial charge on any atom is 0.329 e. The van der Waals surface area contributed by atoms with Crippen molar-refractivity contribution in [3.8, 4) is 0 Å². The van der Waals surface area contributed by atoms with Gasteiger partial charge in [-0.05, 0) is 25.0 Å². The number of carboxylic acids is 1. The molecular weight excluding hydrogens is 333 g/mol. The topological polar surface area (TPSA) is 75.6 Å². The number of rotatable bonds is 5. The number of ether oxygens (including phenoxy) is 1. The number of carbonyl (C=O) groups is 2. The van der Waals surface area contributed by atoms with Gasteiger partial charge in [0.05, 0.1) is 11.5 Å². The van der Waals surface area contributed by atoms with E-state index in [2.05, 4.69) is 5.32 Å². The molecule has 0 unspecified atom stereocenters. The second-order valence-electron chi connectivity index (χ2n) is 6.00. The van der Waals surface area contributed by atoms with Crippen LogP contribution < -0.4 is 5.32 Å². The molecule has 1 heterocycles. The summed E-state index contributed by atoms with van der Waals surface area (Å²) in [5.41, 5.74) is -0.762. The van der Waals surface area contributed by atoms with Crippen LogP contribution in [0.15, 0.2) is 18.2 Å². The Hall–Kier alpha value is -1.99. The standard InChI is InChI=1S/C17H18FNO4S/c1-23-9-10-13-11(18)5-4-6-12(13)24-14(10)15(20)19-17(16(21)22)7-2-3-8-17/h4-6H,2-3,7-9H2,1H3,(H,19,20)(H,21,22). The Balaban J connectivity index is 2.02. The van der Waals surface area contributed by atoms with Crippen molar-refractivity contribution in [1.29, 1.82) is 0 Å². The van der Waals surface area contributed by atoms with Crippen LogP contribution in [-0.4, -0.2) is 29.6 Å². The molecule has 0 atom stereocenters. The summed E-state index contributed by atoms with van der Waals surface area (Å²) >= 11 is 1.15. The van der Waals surface area contributed by atoms with Crippen LogP contribution in [0.4, 0.5) is 4.39 Å². The first-order valence-corrected chi connectivity index (χ1v) is 8.55. The smallest absolute Gasteiger partial charge is 0.329 e. The van der Waals surface area contributed by atoms with Gasteiger partial charge in [-0.3, -0.25) is 4.79 Å². The molecule has 0 saturated heterocycles. The van der Waals surface area contributed by atoms with Crippen molar-refractivity contribution in [3.63, 3.8) is 0 Å². The number of carboxylic acid groups (broad SMARTS) is 1. The molecule has 0 aliphatic heterocycles. The van der Waals surface area contributed by atoms with E-state index in [1.807, 2.05) is 0 Å². The van der Waals surface area contributed by atoms with Crippen molar-refractivity contribution in [2.24, 2.45) is 0 Å². The van der Waals surface area contributed by atoms with E-state index in [1.54, 1.807) is 12.1 Å². The molecule has 0 spiro atoms. The molecule has 5 nitrogen and oxygen atoms in total. The number of halogens is 1. The van der Waals surface area contributed by atoms with Crippen LogP contribution >= 0.6 is 11.3 Å². The Morgan fingerprint density at radius 1 is 1.38 bits per heavy atom. The predicted octanol–water partition coefficient (Wildman–Crippen LogP) is 3.31. The lowest BCUT2D eigenvalue weighted by Crippen LogP contribution is -2.52. The van der Waals surface area contributed by atoms with Gasteiger partial charge in [-0.1, -0.05) is 18.9 Å². The number of aliphatic carboxylic acids is 1. The fraction of sp³-hybridized carbons (Fsp3) is 0.412.